The van der Waals surface area contributed by atoms with Crippen molar-refractivity contribution >= 4 is 64.4 Å². The van der Waals surface area contributed by atoms with Gasteiger partial charge in [-0.05, 0) is 54.2 Å². The Morgan fingerprint density at radius 3 is 2.69 bits per heavy atom. The normalized spacial score (nSPS) is 10.7. The maximum Gasteiger partial charge on any atom is 0.230 e. The minimum absolute atomic E-state index is 0.0749. The van der Waals surface area contributed by atoms with Gasteiger partial charge in [0.05, 0.1) is 11.4 Å². The Labute approximate surface area is 174 Å². The average molecular weight is 442 g/mol. The van der Waals surface area contributed by atoms with E-state index < -0.39 is 0 Å². The molecule has 1 heterocycles. The first kappa shape index (κ1) is 19.4. The second kappa shape index (κ2) is 9.01. The Kier molecular flexibility index (Phi) is 6.72. The van der Waals surface area contributed by atoms with Crippen molar-refractivity contribution in [2.24, 2.45) is 0 Å². The minimum Gasteiger partial charge on any atom is -0.351 e. The topological polar surface area (TPSA) is 46.9 Å². The summed E-state index contributed by atoms with van der Waals surface area (Å²) in [4.78, 5) is 12.0. The van der Waals surface area contributed by atoms with Crippen LogP contribution < -0.4 is 5.32 Å². The van der Waals surface area contributed by atoms with Crippen LogP contribution in [-0.2, 0) is 11.3 Å². The monoisotopic (exact) mass is 441 g/mol. The SMILES string of the molecule is O=C(CSc1nn(-c2ccc(Cl)cc2)c(=S)s1)NCc1cccc(Cl)c1. The number of hydrogen-bond acceptors (Lipinski definition) is 5. The molecule has 9 heteroatoms. The van der Waals surface area contributed by atoms with Crippen LogP contribution in [0.1, 0.15) is 5.56 Å². The van der Waals surface area contributed by atoms with Crippen LogP contribution >= 0.6 is 58.5 Å². The molecule has 0 aliphatic heterocycles. The van der Waals surface area contributed by atoms with E-state index in [1.54, 1.807) is 22.9 Å². The third-order valence-electron chi connectivity index (χ3n) is 3.31. The Morgan fingerprint density at radius 1 is 1.19 bits per heavy atom. The molecule has 3 rings (SSSR count). The van der Waals surface area contributed by atoms with Gasteiger partial charge in [0.1, 0.15) is 0 Å². The van der Waals surface area contributed by atoms with Gasteiger partial charge in [0.25, 0.3) is 0 Å². The molecule has 4 nitrogen and oxygen atoms in total. The molecule has 0 bridgehead atoms. The van der Waals surface area contributed by atoms with Crippen LogP contribution in [0.3, 0.4) is 0 Å². The van der Waals surface area contributed by atoms with Crippen molar-refractivity contribution in [2.45, 2.75) is 10.9 Å². The fraction of sp³-hybridized carbons (Fsp3) is 0.118. The molecule has 0 aliphatic rings. The summed E-state index contributed by atoms with van der Waals surface area (Å²) in [5.41, 5.74) is 1.80. The maximum atomic E-state index is 12.0. The predicted octanol–water partition coefficient (Wildman–Crippen LogP) is 5.38. The summed E-state index contributed by atoms with van der Waals surface area (Å²) in [7, 11) is 0. The third kappa shape index (κ3) is 5.31. The van der Waals surface area contributed by atoms with E-state index in [0.29, 0.717) is 20.5 Å². The molecule has 0 fully saturated rings. The largest absolute Gasteiger partial charge is 0.351 e. The number of nitrogens with one attached hydrogen (secondary N) is 1. The zero-order valence-corrected chi connectivity index (χ0v) is 17.3. The van der Waals surface area contributed by atoms with E-state index in [4.69, 9.17) is 35.4 Å². The van der Waals surface area contributed by atoms with E-state index in [9.17, 15) is 4.79 Å². The molecule has 3 aromatic rings. The number of carbonyl (C=O) groups is 1. The van der Waals surface area contributed by atoms with Crippen LogP contribution in [-0.4, -0.2) is 21.4 Å². The highest BCUT2D eigenvalue weighted by Gasteiger charge is 2.09. The lowest BCUT2D eigenvalue weighted by atomic mass is 10.2. The molecule has 0 saturated heterocycles. The van der Waals surface area contributed by atoms with Gasteiger partial charge in [-0.3, -0.25) is 4.79 Å². The Balaban J connectivity index is 1.56. The number of hydrogen-bond donors (Lipinski definition) is 1. The molecular formula is C17H13Cl2N3OS3. The molecule has 1 aromatic heterocycles. The van der Waals surface area contributed by atoms with Crippen LogP contribution in [0.4, 0.5) is 0 Å². The van der Waals surface area contributed by atoms with Crippen molar-refractivity contribution in [2.75, 3.05) is 5.75 Å². The van der Waals surface area contributed by atoms with Gasteiger partial charge in [-0.15, -0.1) is 5.10 Å². The van der Waals surface area contributed by atoms with Crippen molar-refractivity contribution in [1.29, 1.82) is 0 Å². The lowest BCUT2D eigenvalue weighted by molar-refractivity contribution is -0.118. The van der Waals surface area contributed by atoms with Gasteiger partial charge in [-0.1, -0.05) is 58.4 Å². The Hall–Kier alpha value is -1.38. The number of benzene rings is 2. The zero-order valence-electron chi connectivity index (χ0n) is 13.3. The van der Waals surface area contributed by atoms with E-state index in [2.05, 4.69) is 10.4 Å². The number of aromatic nitrogens is 2. The number of thioether (sulfide) groups is 1. The standard InChI is InChI=1S/C17H13Cl2N3OS3/c18-12-4-6-14(7-5-12)22-17(24)26-16(21-22)25-10-15(23)20-9-11-2-1-3-13(19)8-11/h1-8H,9-10H2,(H,20,23). The van der Waals surface area contributed by atoms with Crippen LogP contribution in [0, 0.1) is 3.95 Å². The summed E-state index contributed by atoms with van der Waals surface area (Å²) in [6.45, 7) is 0.439. The molecule has 1 amide bonds. The smallest absolute Gasteiger partial charge is 0.230 e. The van der Waals surface area contributed by atoms with E-state index in [-0.39, 0.29) is 11.7 Å². The van der Waals surface area contributed by atoms with Crippen molar-refractivity contribution in [3.8, 4) is 5.69 Å². The summed E-state index contributed by atoms with van der Waals surface area (Å²) in [6, 6.07) is 14.7. The fourth-order valence-corrected chi connectivity index (χ4v) is 4.62. The number of amides is 1. The summed E-state index contributed by atoms with van der Waals surface area (Å²) in [5.74, 6) is 0.192. The summed E-state index contributed by atoms with van der Waals surface area (Å²) >= 11 is 19.9. The molecule has 26 heavy (non-hydrogen) atoms. The molecule has 0 aliphatic carbocycles. The van der Waals surface area contributed by atoms with Gasteiger partial charge in [0, 0.05) is 16.6 Å². The Morgan fingerprint density at radius 2 is 1.96 bits per heavy atom. The van der Waals surface area contributed by atoms with E-state index >= 15 is 0 Å². The van der Waals surface area contributed by atoms with Gasteiger partial charge < -0.3 is 5.32 Å². The lowest BCUT2D eigenvalue weighted by Crippen LogP contribution is -2.24. The molecule has 1 N–H and O–H groups in total. The second-order valence-electron chi connectivity index (χ2n) is 5.22. The molecule has 2 aromatic carbocycles. The quantitative estimate of drug-likeness (QED) is 0.411. The molecule has 0 saturated carbocycles. The predicted molar refractivity (Wildman–Crippen MR) is 111 cm³/mol. The Bertz CT molecular complexity index is 970. The fourth-order valence-electron chi connectivity index (χ4n) is 2.09. The average Bonchev–Trinajstić information content (AvgIpc) is 3.00. The van der Waals surface area contributed by atoms with Gasteiger partial charge >= 0.3 is 0 Å². The van der Waals surface area contributed by atoms with Gasteiger partial charge in [-0.2, -0.15) is 0 Å². The van der Waals surface area contributed by atoms with Gasteiger partial charge in [0.15, 0.2) is 8.29 Å². The van der Waals surface area contributed by atoms with Crippen LogP contribution in [0.15, 0.2) is 52.9 Å². The second-order valence-corrected chi connectivity index (χ2v) is 8.94. The molecule has 0 atom stereocenters. The number of carbonyl (C=O) groups excluding carboxylic acids is 1. The molecule has 0 radical (unpaired) electrons. The molecular weight excluding hydrogens is 429 g/mol. The van der Waals surface area contributed by atoms with Crippen molar-refractivity contribution in [3.63, 3.8) is 0 Å². The first-order valence-corrected chi connectivity index (χ1v) is 10.5. The maximum absolute atomic E-state index is 12.0. The number of halogens is 2. The highest BCUT2D eigenvalue weighted by Crippen LogP contribution is 2.24. The molecule has 0 spiro atoms. The third-order valence-corrected chi connectivity index (χ3v) is 6.16. The van der Waals surface area contributed by atoms with E-state index in [1.165, 1.54) is 23.1 Å². The van der Waals surface area contributed by atoms with Crippen molar-refractivity contribution in [3.05, 3.63) is 68.1 Å². The lowest BCUT2D eigenvalue weighted by Gasteiger charge is -2.04. The van der Waals surface area contributed by atoms with Crippen LogP contribution in [0.5, 0.6) is 0 Å². The van der Waals surface area contributed by atoms with E-state index in [1.807, 2.05) is 30.3 Å². The highest BCUT2D eigenvalue weighted by atomic mass is 35.5. The summed E-state index contributed by atoms with van der Waals surface area (Å²) in [6.07, 6.45) is 0. The van der Waals surface area contributed by atoms with Crippen molar-refractivity contribution in [1.82, 2.24) is 15.1 Å². The summed E-state index contributed by atoms with van der Waals surface area (Å²) in [5, 5.41) is 8.64. The zero-order chi connectivity index (χ0) is 18.5. The number of rotatable bonds is 6. The summed E-state index contributed by atoms with van der Waals surface area (Å²) < 4.78 is 3.03. The van der Waals surface area contributed by atoms with Crippen molar-refractivity contribution < 1.29 is 4.79 Å². The van der Waals surface area contributed by atoms with Gasteiger partial charge in [-0.25, -0.2) is 4.68 Å². The first-order valence-electron chi connectivity index (χ1n) is 7.51. The highest BCUT2D eigenvalue weighted by molar-refractivity contribution is 8.01. The van der Waals surface area contributed by atoms with E-state index in [0.717, 1.165) is 15.6 Å². The first-order chi connectivity index (χ1) is 12.5. The van der Waals surface area contributed by atoms with Gasteiger partial charge in [0.2, 0.25) is 5.91 Å². The minimum atomic E-state index is -0.0749. The molecule has 134 valence electrons. The van der Waals surface area contributed by atoms with Crippen LogP contribution in [0.25, 0.3) is 5.69 Å². The number of nitrogens with zero attached hydrogens (tertiary/aromatic N) is 2. The molecule has 0 unspecified atom stereocenters. The van der Waals surface area contributed by atoms with Crippen LogP contribution in [0.2, 0.25) is 10.0 Å².